The third kappa shape index (κ3) is 3.39. The lowest BCUT2D eigenvalue weighted by Crippen LogP contribution is -2.48. The minimum absolute atomic E-state index is 0.106. The lowest BCUT2D eigenvalue weighted by molar-refractivity contribution is -0.138. The molecule has 2 amide bonds. The van der Waals surface area contributed by atoms with Crippen molar-refractivity contribution >= 4 is 12.0 Å². The molecule has 0 radical (unpaired) electrons. The third-order valence-corrected chi connectivity index (χ3v) is 2.30. The summed E-state index contributed by atoms with van der Waals surface area (Å²) in [5, 5.41) is 19.7. The van der Waals surface area contributed by atoms with E-state index in [9.17, 15) is 9.59 Å². The van der Waals surface area contributed by atoms with Crippen LogP contribution in [-0.4, -0.2) is 52.3 Å². The van der Waals surface area contributed by atoms with Crippen LogP contribution in [0, 0.1) is 0 Å². The van der Waals surface area contributed by atoms with Gasteiger partial charge in [-0.2, -0.15) is 0 Å². The molecule has 15 heavy (non-hydrogen) atoms. The first-order valence-corrected chi connectivity index (χ1v) is 4.97. The molecule has 6 heteroatoms. The smallest absolute Gasteiger partial charge is 0.325 e. The van der Waals surface area contributed by atoms with Crippen molar-refractivity contribution in [2.75, 3.05) is 13.2 Å². The van der Waals surface area contributed by atoms with Crippen molar-refractivity contribution in [3.05, 3.63) is 0 Å². The van der Waals surface area contributed by atoms with Gasteiger partial charge in [0.05, 0.1) is 6.61 Å². The second kappa shape index (κ2) is 4.97. The lowest BCUT2D eigenvalue weighted by Gasteiger charge is -2.23. The highest BCUT2D eigenvalue weighted by Gasteiger charge is 2.33. The van der Waals surface area contributed by atoms with Gasteiger partial charge in [-0.15, -0.1) is 0 Å². The number of aliphatic hydroxyl groups is 1. The number of urea groups is 1. The van der Waals surface area contributed by atoms with Crippen molar-refractivity contribution in [2.24, 2.45) is 0 Å². The zero-order chi connectivity index (χ0) is 11.4. The third-order valence-electron chi connectivity index (χ3n) is 2.30. The van der Waals surface area contributed by atoms with Gasteiger partial charge in [-0.05, 0) is 19.8 Å². The van der Waals surface area contributed by atoms with Crippen LogP contribution in [0.1, 0.15) is 19.8 Å². The second-order valence-electron chi connectivity index (χ2n) is 3.66. The maximum Gasteiger partial charge on any atom is 0.325 e. The Hall–Kier alpha value is -1.30. The summed E-state index contributed by atoms with van der Waals surface area (Å²) < 4.78 is 0. The van der Waals surface area contributed by atoms with Gasteiger partial charge in [-0.3, -0.25) is 4.79 Å². The number of hydrogen-bond acceptors (Lipinski definition) is 3. The van der Waals surface area contributed by atoms with Crippen LogP contribution in [-0.2, 0) is 4.79 Å². The maximum atomic E-state index is 11.6. The molecule has 0 aromatic heterocycles. The van der Waals surface area contributed by atoms with E-state index in [4.69, 9.17) is 10.2 Å². The number of nitrogens with one attached hydrogen (secondary N) is 1. The Balaban J connectivity index is 2.45. The number of rotatable bonds is 5. The van der Waals surface area contributed by atoms with Gasteiger partial charge in [-0.25, -0.2) is 4.79 Å². The predicted molar refractivity (Wildman–Crippen MR) is 52.4 cm³/mol. The van der Waals surface area contributed by atoms with Crippen molar-refractivity contribution in [2.45, 2.75) is 31.8 Å². The Morgan fingerprint density at radius 3 is 2.53 bits per heavy atom. The molecule has 0 aromatic rings. The van der Waals surface area contributed by atoms with Crippen LogP contribution < -0.4 is 5.32 Å². The SMILES string of the molecule is C[C@@H](NC(=O)N(CCO)C1CC1)C(=O)O. The van der Waals surface area contributed by atoms with E-state index in [0.717, 1.165) is 12.8 Å². The number of nitrogens with zero attached hydrogens (tertiary/aromatic N) is 1. The largest absolute Gasteiger partial charge is 0.480 e. The number of carboxylic acid groups (broad SMARTS) is 1. The number of aliphatic carboxylic acids is 1. The number of hydrogen-bond donors (Lipinski definition) is 3. The molecule has 1 aliphatic carbocycles. The highest BCUT2D eigenvalue weighted by molar-refractivity contribution is 5.82. The summed E-state index contributed by atoms with van der Waals surface area (Å²) in [6.45, 7) is 1.55. The molecule has 1 saturated carbocycles. The normalized spacial score (nSPS) is 16.9. The highest BCUT2D eigenvalue weighted by atomic mass is 16.4. The second-order valence-corrected chi connectivity index (χ2v) is 3.66. The minimum Gasteiger partial charge on any atom is -0.480 e. The molecule has 0 aliphatic heterocycles. The molecule has 0 spiro atoms. The zero-order valence-corrected chi connectivity index (χ0v) is 8.64. The predicted octanol–water partition coefficient (Wildman–Crippen LogP) is -0.374. The van der Waals surface area contributed by atoms with Crippen molar-refractivity contribution in [1.29, 1.82) is 0 Å². The molecule has 3 N–H and O–H groups in total. The summed E-state index contributed by atoms with van der Waals surface area (Å²) in [6.07, 6.45) is 1.85. The van der Waals surface area contributed by atoms with Gasteiger partial charge in [0.25, 0.3) is 0 Å². The van der Waals surface area contributed by atoms with Gasteiger partial charge < -0.3 is 20.4 Å². The summed E-state index contributed by atoms with van der Waals surface area (Å²) in [6, 6.07) is -1.16. The van der Waals surface area contributed by atoms with Gasteiger partial charge >= 0.3 is 12.0 Å². The molecular formula is C9H16N2O4. The number of amides is 2. The summed E-state index contributed by atoms with van der Waals surface area (Å²) in [5.41, 5.74) is 0. The molecule has 1 rings (SSSR count). The van der Waals surface area contributed by atoms with Gasteiger partial charge in [-0.1, -0.05) is 0 Å². The highest BCUT2D eigenvalue weighted by Crippen LogP contribution is 2.26. The van der Waals surface area contributed by atoms with E-state index in [-0.39, 0.29) is 19.2 Å². The zero-order valence-electron chi connectivity index (χ0n) is 8.64. The Labute approximate surface area is 87.9 Å². The fraction of sp³-hybridized carbons (Fsp3) is 0.778. The number of aliphatic hydroxyl groups excluding tert-OH is 1. The van der Waals surface area contributed by atoms with Gasteiger partial charge in [0, 0.05) is 12.6 Å². The van der Waals surface area contributed by atoms with Crippen LogP contribution >= 0.6 is 0 Å². The van der Waals surface area contributed by atoms with Crippen molar-refractivity contribution in [1.82, 2.24) is 10.2 Å². The average molecular weight is 216 g/mol. The molecule has 0 saturated heterocycles. The maximum absolute atomic E-state index is 11.6. The summed E-state index contributed by atoms with van der Waals surface area (Å²) >= 11 is 0. The molecule has 6 nitrogen and oxygen atoms in total. The van der Waals surface area contributed by atoms with Gasteiger partial charge in [0.2, 0.25) is 0 Å². The minimum atomic E-state index is -1.07. The van der Waals surface area contributed by atoms with Crippen molar-refractivity contribution in [3.63, 3.8) is 0 Å². The first-order valence-electron chi connectivity index (χ1n) is 4.97. The Kier molecular flexibility index (Phi) is 3.90. The van der Waals surface area contributed by atoms with Crippen LogP contribution in [0.3, 0.4) is 0 Å². The molecule has 86 valence electrons. The topological polar surface area (TPSA) is 89.9 Å². The van der Waals surface area contributed by atoms with Gasteiger partial charge in [0.1, 0.15) is 6.04 Å². The van der Waals surface area contributed by atoms with Crippen molar-refractivity contribution in [3.8, 4) is 0 Å². The summed E-state index contributed by atoms with van der Waals surface area (Å²) in [4.78, 5) is 23.6. The Bertz CT molecular complexity index is 252. The average Bonchev–Trinajstić information content (AvgIpc) is 2.97. The summed E-state index contributed by atoms with van der Waals surface area (Å²) in [5.74, 6) is -1.07. The lowest BCUT2D eigenvalue weighted by atomic mass is 10.3. The quantitative estimate of drug-likeness (QED) is 0.584. The fourth-order valence-electron chi connectivity index (χ4n) is 1.27. The molecule has 0 aromatic carbocycles. The van der Waals surface area contributed by atoms with E-state index in [1.54, 1.807) is 0 Å². The first kappa shape index (κ1) is 11.8. The van der Waals surface area contributed by atoms with Crippen LogP contribution in [0.5, 0.6) is 0 Å². The van der Waals surface area contributed by atoms with Crippen LogP contribution in [0.25, 0.3) is 0 Å². The molecule has 0 unspecified atom stereocenters. The van der Waals surface area contributed by atoms with Crippen LogP contribution in [0.2, 0.25) is 0 Å². The molecular weight excluding hydrogens is 200 g/mol. The fourth-order valence-corrected chi connectivity index (χ4v) is 1.27. The monoisotopic (exact) mass is 216 g/mol. The first-order chi connectivity index (χ1) is 7.06. The Morgan fingerprint density at radius 2 is 2.13 bits per heavy atom. The standard InChI is InChI=1S/C9H16N2O4/c1-6(8(13)14)10-9(15)11(4-5-12)7-2-3-7/h6-7,12H,2-5H2,1H3,(H,10,15)(H,13,14)/t6-/m1/s1. The Morgan fingerprint density at radius 1 is 1.53 bits per heavy atom. The number of carboxylic acids is 1. The molecule has 1 aliphatic rings. The summed E-state index contributed by atoms with van der Waals surface area (Å²) in [7, 11) is 0. The van der Waals surface area contributed by atoms with Gasteiger partial charge in [0.15, 0.2) is 0 Å². The van der Waals surface area contributed by atoms with E-state index in [0.29, 0.717) is 0 Å². The molecule has 0 heterocycles. The molecule has 0 bridgehead atoms. The number of carbonyl (C=O) groups excluding carboxylic acids is 1. The molecule has 1 atom stereocenters. The molecule has 1 fully saturated rings. The van der Waals surface area contributed by atoms with E-state index >= 15 is 0 Å². The van der Waals surface area contributed by atoms with Crippen LogP contribution in [0.4, 0.5) is 4.79 Å². The van der Waals surface area contributed by atoms with E-state index < -0.39 is 18.0 Å². The number of carbonyl (C=O) groups is 2. The van der Waals surface area contributed by atoms with Crippen molar-refractivity contribution < 1.29 is 19.8 Å². The van der Waals surface area contributed by atoms with E-state index in [2.05, 4.69) is 5.32 Å². The van der Waals surface area contributed by atoms with E-state index in [1.165, 1.54) is 11.8 Å². The van der Waals surface area contributed by atoms with E-state index in [1.807, 2.05) is 0 Å². The van der Waals surface area contributed by atoms with Crippen LogP contribution in [0.15, 0.2) is 0 Å².